The van der Waals surface area contributed by atoms with Crippen LogP contribution in [0.15, 0.2) is 46.1 Å². The zero-order valence-electron chi connectivity index (χ0n) is 13.1. The number of thiophene rings is 1. The molecule has 130 valence electrons. The van der Waals surface area contributed by atoms with Crippen molar-refractivity contribution in [3.8, 4) is 0 Å². The molecule has 2 N–H and O–H groups in total. The topological polar surface area (TPSA) is 66.9 Å². The van der Waals surface area contributed by atoms with Crippen LogP contribution in [0.2, 0.25) is 0 Å². The number of nitrogens with zero attached hydrogens (tertiary/aromatic N) is 2. The van der Waals surface area contributed by atoms with Gasteiger partial charge in [0, 0.05) is 11.4 Å². The van der Waals surface area contributed by atoms with E-state index in [0.717, 1.165) is 14.8 Å². The third-order valence-electron chi connectivity index (χ3n) is 3.13. The number of hydrogen-bond donors (Lipinski definition) is 2. The number of carbonyl (C=O) groups excluding carboxylic acids is 1. The second-order valence-electron chi connectivity index (χ2n) is 5.00. The third-order valence-corrected chi connectivity index (χ3v) is 6.02. The number of aromatic nitrogens is 2. The van der Waals surface area contributed by atoms with E-state index < -0.39 is 0 Å². The predicted molar refractivity (Wildman–Crippen MR) is 101 cm³/mol. The molecule has 3 rings (SSSR count). The highest BCUT2D eigenvalue weighted by atomic mass is 32.2. The van der Waals surface area contributed by atoms with Crippen molar-refractivity contribution >= 4 is 45.5 Å². The highest BCUT2D eigenvalue weighted by Gasteiger charge is 2.08. The van der Waals surface area contributed by atoms with Crippen LogP contribution in [0.5, 0.6) is 0 Å². The van der Waals surface area contributed by atoms with Crippen LogP contribution in [-0.4, -0.2) is 21.9 Å². The fraction of sp³-hybridized carbons (Fsp3) is 0.188. The van der Waals surface area contributed by atoms with Crippen LogP contribution in [0.25, 0.3) is 0 Å². The zero-order chi connectivity index (χ0) is 17.5. The molecule has 0 saturated heterocycles. The Balaban J connectivity index is 1.40. The summed E-state index contributed by atoms with van der Waals surface area (Å²) in [5.74, 6) is 0.0166. The monoisotopic (exact) mass is 394 g/mol. The zero-order valence-corrected chi connectivity index (χ0v) is 15.5. The van der Waals surface area contributed by atoms with Gasteiger partial charge in [0.25, 0.3) is 0 Å². The Bertz CT molecular complexity index is 805. The number of hydrogen-bond acceptors (Lipinski definition) is 7. The summed E-state index contributed by atoms with van der Waals surface area (Å²) in [5.41, 5.74) is 0.957. The fourth-order valence-corrected chi connectivity index (χ4v) is 4.12. The predicted octanol–water partition coefficient (Wildman–Crippen LogP) is 3.76. The molecule has 2 heterocycles. The molecule has 0 saturated carbocycles. The molecule has 1 aromatic carbocycles. The Morgan fingerprint density at radius 2 is 2.00 bits per heavy atom. The fourth-order valence-electron chi connectivity index (χ4n) is 1.90. The lowest BCUT2D eigenvalue weighted by molar-refractivity contribution is -0.118. The van der Waals surface area contributed by atoms with Crippen molar-refractivity contribution in [1.29, 1.82) is 0 Å². The normalized spacial score (nSPS) is 10.6. The van der Waals surface area contributed by atoms with Gasteiger partial charge in [-0.2, -0.15) is 0 Å². The summed E-state index contributed by atoms with van der Waals surface area (Å²) in [4.78, 5) is 13.0. The molecular formula is C16H15FN4OS3. The van der Waals surface area contributed by atoms with Gasteiger partial charge in [-0.15, -0.1) is 21.5 Å². The molecule has 0 radical (unpaired) electrons. The van der Waals surface area contributed by atoms with Crippen molar-refractivity contribution in [1.82, 2.24) is 15.5 Å². The minimum absolute atomic E-state index is 0.0329. The Labute approximate surface area is 156 Å². The highest BCUT2D eigenvalue weighted by molar-refractivity contribution is 8.01. The van der Waals surface area contributed by atoms with Gasteiger partial charge in [0.15, 0.2) is 4.34 Å². The van der Waals surface area contributed by atoms with Crippen molar-refractivity contribution in [2.45, 2.75) is 17.4 Å². The number of thioether (sulfide) groups is 1. The second kappa shape index (κ2) is 8.93. The maximum atomic E-state index is 12.9. The minimum atomic E-state index is -0.254. The number of rotatable bonds is 8. The Hall–Kier alpha value is -1.97. The van der Waals surface area contributed by atoms with Crippen molar-refractivity contribution in [2.24, 2.45) is 0 Å². The van der Waals surface area contributed by atoms with E-state index in [1.165, 1.54) is 35.2 Å². The number of nitrogens with one attached hydrogen (secondary N) is 2. The first-order valence-electron chi connectivity index (χ1n) is 7.43. The van der Waals surface area contributed by atoms with E-state index in [4.69, 9.17) is 0 Å². The van der Waals surface area contributed by atoms with Crippen LogP contribution >= 0.6 is 34.4 Å². The van der Waals surface area contributed by atoms with Crippen molar-refractivity contribution in [3.63, 3.8) is 0 Å². The number of halogens is 1. The first-order chi connectivity index (χ1) is 12.2. The summed E-state index contributed by atoms with van der Waals surface area (Å²) in [6.45, 7) is 1.10. The van der Waals surface area contributed by atoms with E-state index in [1.807, 2.05) is 17.5 Å². The van der Waals surface area contributed by atoms with Crippen LogP contribution in [0, 0.1) is 5.82 Å². The van der Waals surface area contributed by atoms with Crippen molar-refractivity contribution in [3.05, 3.63) is 58.0 Å². The highest BCUT2D eigenvalue weighted by Crippen LogP contribution is 2.25. The third kappa shape index (κ3) is 5.80. The summed E-state index contributed by atoms with van der Waals surface area (Å²) in [6.07, 6.45) is 0. The van der Waals surface area contributed by atoms with Gasteiger partial charge in [0.2, 0.25) is 11.0 Å². The Morgan fingerprint density at radius 1 is 1.16 bits per heavy atom. The minimum Gasteiger partial charge on any atom is -0.356 e. The van der Waals surface area contributed by atoms with E-state index in [2.05, 4.69) is 20.8 Å². The summed E-state index contributed by atoms with van der Waals surface area (Å²) < 4.78 is 13.6. The molecule has 0 fully saturated rings. The molecule has 25 heavy (non-hydrogen) atoms. The molecular weight excluding hydrogens is 379 g/mol. The first-order valence-corrected chi connectivity index (χ1v) is 10.1. The molecule has 0 bridgehead atoms. The van der Waals surface area contributed by atoms with Crippen LogP contribution in [0.3, 0.4) is 0 Å². The molecule has 0 unspecified atom stereocenters. The molecule has 0 spiro atoms. The van der Waals surface area contributed by atoms with E-state index in [9.17, 15) is 9.18 Å². The standard InChI is InChI=1S/C16H15FN4OS3/c17-12-5-3-11(4-6-12)8-19-15-20-21-16(25-15)24-10-14(22)18-9-13-2-1-7-23-13/h1-7H,8-10H2,(H,18,22)(H,19,20). The van der Waals surface area contributed by atoms with Crippen LogP contribution in [-0.2, 0) is 17.9 Å². The van der Waals surface area contributed by atoms with Gasteiger partial charge in [-0.25, -0.2) is 4.39 Å². The van der Waals surface area contributed by atoms with Crippen LogP contribution < -0.4 is 10.6 Å². The van der Waals surface area contributed by atoms with Gasteiger partial charge in [0.1, 0.15) is 5.82 Å². The molecule has 9 heteroatoms. The van der Waals surface area contributed by atoms with Gasteiger partial charge in [0.05, 0.1) is 12.3 Å². The van der Waals surface area contributed by atoms with Gasteiger partial charge < -0.3 is 10.6 Å². The first kappa shape index (κ1) is 17.8. The maximum Gasteiger partial charge on any atom is 0.230 e. The smallest absolute Gasteiger partial charge is 0.230 e. The van der Waals surface area contributed by atoms with Gasteiger partial charge in [-0.05, 0) is 29.1 Å². The number of benzene rings is 1. The average Bonchev–Trinajstić information content (AvgIpc) is 3.29. The lowest BCUT2D eigenvalue weighted by atomic mass is 10.2. The van der Waals surface area contributed by atoms with Crippen LogP contribution in [0.1, 0.15) is 10.4 Å². The largest absolute Gasteiger partial charge is 0.356 e. The summed E-state index contributed by atoms with van der Waals surface area (Å²) >= 11 is 4.36. The van der Waals surface area contributed by atoms with Gasteiger partial charge in [-0.3, -0.25) is 4.79 Å². The quantitative estimate of drug-likeness (QED) is 0.570. The van der Waals surface area contributed by atoms with Crippen LogP contribution in [0.4, 0.5) is 9.52 Å². The Morgan fingerprint density at radius 3 is 2.76 bits per heavy atom. The Kier molecular flexibility index (Phi) is 6.37. The van der Waals surface area contributed by atoms with E-state index in [0.29, 0.717) is 24.0 Å². The van der Waals surface area contributed by atoms with E-state index in [-0.39, 0.29) is 11.7 Å². The van der Waals surface area contributed by atoms with Gasteiger partial charge >= 0.3 is 0 Å². The molecule has 5 nitrogen and oxygen atoms in total. The number of anilines is 1. The lowest BCUT2D eigenvalue weighted by Crippen LogP contribution is -2.24. The lowest BCUT2D eigenvalue weighted by Gasteiger charge is -2.02. The van der Waals surface area contributed by atoms with Gasteiger partial charge in [-0.1, -0.05) is 41.3 Å². The van der Waals surface area contributed by atoms with E-state index in [1.54, 1.807) is 23.5 Å². The SMILES string of the molecule is O=C(CSc1nnc(NCc2ccc(F)cc2)s1)NCc1cccs1. The summed E-state index contributed by atoms with van der Waals surface area (Å²) in [7, 11) is 0. The second-order valence-corrected chi connectivity index (χ2v) is 8.23. The molecule has 3 aromatic rings. The molecule has 0 aliphatic heterocycles. The molecule has 0 atom stereocenters. The molecule has 2 aromatic heterocycles. The number of amides is 1. The number of carbonyl (C=O) groups is 1. The molecule has 0 aliphatic carbocycles. The molecule has 1 amide bonds. The molecule has 0 aliphatic rings. The summed E-state index contributed by atoms with van der Waals surface area (Å²) in [5, 5.41) is 16.8. The van der Waals surface area contributed by atoms with Crippen molar-refractivity contribution < 1.29 is 9.18 Å². The van der Waals surface area contributed by atoms with E-state index >= 15 is 0 Å². The summed E-state index contributed by atoms with van der Waals surface area (Å²) in [6, 6.07) is 10.2. The maximum absolute atomic E-state index is 12.9. The van der Waals surface area contributed by atoms with Crippen molar-refractivity contribution in [2.75, 3.05) is 11.1 Å². The average molecular weight is 395 g/mol.